The van der Waals surface area contributed by atoms with Crippen molar-refractivity contribution in [1.82, 2.24) is 0 Å². The van der Waals surface area contributed by atoms with E-state index >= 15 is 0 Å². The molecule has 0 saturated carbocycles. The molecule has 3 amide bonds. The number of carbonyl (C=O) groups is 3. The summed E-state index contributed by atoms with van der Waals surface area (Å²) in [5, 5.41) is 31.2. The first-order valence-electron chi connectivity index (χ1n) is 6.01. The van der Waals surface area contributed by atoms with Crippen molar-refractivity contribution in [3.05, 3.63) is 15.6 Å². The zero-order chi connectivity index (χ0) is 18.2. The van der Waals surface area contributed by atoms with Crippen LogP contribution < -0.4 is 0 Å². The van der Waals surface area contributed by atoms with E-state index in [9.17, 15) is 30.0 Å². The predicted molar refractivity (Wildman–Crippen MR) is 78.5 cm³/mol. The van der Waals surface area contributed by atoms with Gasteiger partial charge in [0.2, 0.25) is 0 Å². The molecule has 0 aromatic rings. The molecule has 0 rings (SSSR count). The van der Waals surface area contributed by atoms with Crippen LogP contribution in [0.3, 0.4) is 0 Å². The fourth-order valence-electron chi connectivity index (χ4n) is 0. The van der Waals surface area contributed by atoms with E-state index in [-0.39, 0.29) is 17.7 Å². The first-order chi connectivity index (χ1) is 8.83. The number of hydroxylamine groups is 9. The van der Waals surface area contributed by atoms with Crippen molar-refractivity contribution in [3.63, 3.8) is 0 Å². The number of hydrogen-bond donors (Lipinski definition) is 0. The van der Waals surface area contributed by atoms with Gasteiger partial charge in [0.15, 0.2) is 0 Å². The molecule has 0 radical (unpaired) electrons. The van der Waals surface area contributed by atoms with Crippen molar-refractivity contribution in [2.75, 3.05) is 42.3 Å². The standard InChI is InChI=1S/3C4H9NO2/c3*1-4(6)5(2,3)7/h3*1-3H3. The zero-order valence-electron chi connectivity index (χ0n) is 14.3. The van der Waals surface area contributed by atoms with Crippen molar-refractivity contribution in [2.24, 2.45) is 0 Å². The van der Waals surface area contributed by atoms with Crippen LogP contribution in [0.2, 0.25) is 0 Å². The second kappa shape index (κ2) is 8.93. The number of carbonyl (C=O) groups excluding carboxylic acids is 3. The summed E-state index contributed by atoms with van der Waals surface area (Å²) in [4.78, 5) is 30.4. The van der Waals surface area contributed by atoms with Crippen molar-refractivity contribution in [1.29, 1.82) is 0 Å². The summed E-state index contributed by atoms with van der Waals surface area (Å²) in [5.74, 6) is -1.12. The van der Waals surface area contributed by atoms with Crippen molar-refractivity contribution in [2.45, 2.75) is 20.8 Å². The van der Waals surface area contributed by atoms with Crippen LogP contribution in [0.4, 0.5) is 0 Å². The highest BCUT2D eigenvalue weighted by Gasteiger charge is 2.07. The Morgan fingerprint density at radius 2 is 0.571 bits per heavy atom. The number of hydrogen-bond acceptors (Lipinski definition) is 6. The van der Waals surface area contributed by atoms with E-state index in [0.717, 1.165) is 0 Å². The second-order valence-corrected chi connectivity index (χ2v) is 5.61. The molecule has 0 atom stereocenters. The molecular formula is C12H27N3O6. The number of quaternary nitrogens is 3. The lowest BCUT2D eigenvalue weighted by Crippen LogP contribution is -2.36. The summed E-state index contributed by atoms with van der Waals surface area (Å²) in [6.45, 7) is 3.81. The first kappa shape index (κ1) is 24.8. The van der Waals surface area contributed by atoms with E-state index in [1.54, 1.807) is 0 Å². The summed E-state index contributed by atoms with van der Waals surface area (Å²) in [5.41, 5.74) is 0. The molecule has 0 aromatic carbocycles. The maximum atomic E-state index is 10.4. The van der Waals surface area contributed by atoms with Gasteiger partial charge in [0, 0.05) is 0 Å². The fourth-order valence-corrected chi connectivity index (χ4v) is 0. The van der Waals surface area contributed by atoms with Crippen LogP contribution in [0.25, 0.3) is 0 Å². The highest BCUT2D eigenvalue weighted by molar-refractivity contribution is 5.66. The molecule has 0 unspecified atom stereocenters. The van der Waals surface area contributed by atoms with Gasteiger partial charge in [-0.1, -0.05) is 0 Å². The maximum absolute atomic E-state index is 10.4. The molecule has 126 valence electrons. The molecule has 0 spiro atoms. The van der Waals surface area contributed by atoms with E-state index < -0.39 is 13.9 Å². The maximum Gasteiger partial charge on any atom is 0.310 e. The van der Waals surface area contributed by atoms with Crippen LogP contribution in [-0.2, 0) is 14.4 Å². The van der Waals surface area contributed by atoms with E-state index in [0.29, 0.717) is 0 Å². The Hall–Kier alpha value is -1.23. The lowest BCUT2D eigenvalue weighted by Gasteiger charge is -2.28. The monoisotopic (exact) mass is 309 g/mol. The molecule has 9 nitrogen and oxygen atoms in total. The quantitative estimate of drug-likeness (QED) is 0.469. The lowest BCUT2D eigenvalue weighted by molar-refractivity contribution is -0.759. The van der Waals surface area contributed by atoms with Gasteiger partial charge in [-0.3, -0.25) is 0 Å². The molecule has 0 bridgehead atoms. The van der Waals surface area contributed by atoms with Gasteiger partial charge in [-0.15, -0.1) is 0 Å². The Labute approximate surface area is 125 Å². The minimum atomic E-state index is -0.833. The Morgan fingerprint density at radius 1 is 0.524 bits per heavy atom. The lowest BCUT2D eigenvalue weighted by atomic mass is 10.6. The van der Waals surface area contributed by atoms with Gasteiger partial charge in [0.25, 0.3) is 0 Å². The summed E-state index contributed by atoms with van der Waals surface area (Å²) in [6, 6.07) is 0. The van der Waals surface area contributed by atoms with Gasteiger partial charge < -0.3 is 29.6 Å². The van der Waals surface area contributed by atoms with Crippen molar-refractivity contribution in [3.8, 4) is 0 Å². The summed E-state index contributed by atoms with van der Waals surface area (Å²) in [7, 11) is 7.76. The van der Waals surface area contributed by atoms with Crippen LogP contribution in [-0.4, -0.2) is 73.9 Å². The molecule has 0 heterocycles. The summed E-state index contributed by atoms with van der Waals surface area (Å²) in [6.07, 6.45) is 0. The van der Waals surface area contributed by atoms with Gasteiger partial charge in [-0.2, -0.15) is 0 Å². The molecule has 0 aliphatic carbocycles. The van der Waals surface area contributed by atoms with Gasteiger partial charge in [-0.25, -0.2) is 14.4 Å². The third-order valence-corrected chi connectivity index (χ3v) is 2.28. The van der Waals surface area contributed by atoms with Crippen LogP contribution in [0.15, 0.2) is 0 Å². The van der Waals surface area contributed by atoms with Gasteiger partial charge >= 0.3 is 17.7 Å². The third kappa shape index (κ3) is 18.8. The molecule has 0 fully saturated rings. The molecule has 0 aliphatic rings. The van der Waals surface area contributed by atoms with Crippen LogP contribution in [0.1, 0.15) is 20.8 Å². The largest absolute Gasteiger partial charge is 0.626 e. The topological polar surface area (TPSA) is 120 Å². The average molecular weight is 309 g/mol. The molecule has 9 heteroatoms. The Bertz CT molecular complexity index is 304. The SMILES string of the molecule is CC(=O)[N+](C)(C)[O-].CC(=O)[N+](C)(C)[O-].CC(=O)[N+](C)(C)[O-]. The minimum Gasteiger partial charge on any atom is -0.626 e. The smallest absolute Gasteiger partial charge is 0.310 e. The number of nitrogens with zero attached hydrogens (tertiary/aromatic N) is 3. The number of rotatable bonds is 0. The first-order valence-corrected chi connectivity index (χ1v) is 6.01. The molecule has 0 aromatic heterocycles. The highest BCUT2D eigenvalue weighted by atomic mass is 16.6. The van der Waals surface area contributed by atoms with Crippen molar-refractivity contribution >= 4 is 17.7 Å². The van der Waals surface area contributed by atoms with Crippen LogP contribution in [0.5, 0.6) is 0 Å². The zero-order valence-corrected chi connectivity index (χ0v) is 14.3. The normalized spacial score (nSPS) is 11.4. The predicted octanol–water partition coefficient (Wildman–Crippen LogP) is 0.321. The molecule has 0 N–H and O–H groups in total. The average Bonchev–Trinajstić information content (AvgIpc) is 2.14. The molecule has 21 heavy (non-hydrogen) atoms. The van der Waals surface area contributed by atoms with E-state index in [1.165, 1.54) is 63.1 Å². The molecule has 0 aliphatic heterocycles. The van der Waals surface area contributed by atoms with E-state index in [4.69, 9.17) is 0 Å². The summed E-state index contributed by atoms with van der Waals surface area (Å²) < 4.78 is -2.50. The van der Waals surface area contributed by atoms with E-state index in [2.05, 4.69) is 0 Å². The van der Waals surface area contributed by atoms with E-state index in [1.807, 2.05) is 0 Å². The fraction of sp³-hybridized carbons (Fsp3) is 0.750. The number of amides is 3. The highest BCUT2D eigenvalue weighted by Crippen LogP contribution is 1.91. The van der Waals surface area contributed by atoms with Gasteiger partial charge in [-0.05, 0) is 0 Å². The second-order valence-electron chi connectivity index (χ2n) is 5.61. The van der Waals surface area contributed by atoms with Crippen LogP contribution >= 0.6 is 0 Å². The molecule has 0 saturated heterocycles. The van der Waals surface area contributed by atoms with Crippen LogP contribution in [0, 0.1) is 15.6 Å². The Balaban J connectivity index is -0.000000231. The van der Waals surface area contributed by atoms with Gasteiger partial charge in [0.1, 0.15) is 0 Å². The molecular weight excluding hydrogens is 282 g/mol. The van der Waals surface area contributed by atoms with Gasteiger partial charge in [0.05, 0.1) is 63.1 Å². The minimum absolute atomic E-state index is 0.375. The Kier molecular flexibility index (Phi) is 10.5. The van der Waals surface area contributed by atoms with Crippen molar-refractivity contribution < 1.29 is 28.3 Å². The third-order valence-electron chi connectivity index (χ3n) is 2.28. The summed E-state index contributed by atoms with van der Waals surface area (Å²) >= 11 is 0. The Morgan fingerprint density at radius 3 is 0.571 bits per heavy atom.